The normalized spacial score (nSPS) is 17.1. The Kier molecular flexibility index (Phi) is 5.87. The third kappa shape index (κ3) is 5.48. The number of piperidine rings is 1. The zero-order valence-electron chi connectivity index (χ0n) is 16.5. The molecule has 3 N–H and O–H groups in total. The van der Waals surface area contributed by atoms with Gasteiger partial charge in [-0.25, -0.2) is 4.79 Å². The number of H-pyrrole nitrogens is 1. The molecule has 0 aromatic carbocycles. The third-order valence-electron chi connectivity index (χ3n) is 4.33. The maximum absolute atomic E-state index is 12.2. The van der Waals surface area contributed by atoms with Gasteiger partial charge < -0.3 is 25.3 Å². The summed E-state index contributed by atoms with van der Waals surface area (Å²) in [7, 11) is 0. The monoisotopic (exact) mass is 385 g/mol. The first-order valence-corrected chi connectivity index (χ1v) is 9.44. The molecule has 28 heavy (non-hydrogen) atoms. The van der Waals surface area contributed by atoms with E-state index in [-0.39, 0.29) is 11.9 Å². The van der Waals surface area contributed by atoms with Crippen molar-refractivity contribution in [2.24, 2.45) is 0 Å². The van der Waals surface area contributed by atoms with E-state index < -0.39 is 11.7 Å². The van der Waals surface area contributed by atoms with Crippen molar-refractivity contribution in [2.75, 3.05) is 23.3 Å². The summed E-state index contributed by atoms with van der Waals surface area (Å²) >= 11 is 0. The van der Waals surface area contributed by atoms with Gasteiger partial charge in [0.15, 0.2) is 0 Å². The summed E-state index contributed by atoms with van der Waals surface area (Å²) in [6, 6.07) is 5.35. The first-order valence-electron chi connectivity index (χ1n) is 9.44. The molecule has 1 atom stereocenters. The number of aromatic amines is 1. The number of alkyl carbamates (subject to hydrolysis) is 1. The van der Waals surface area contributed by atoms with Crippen LogP contribution in [0.25, 0.3) is 0 Å². The highest BCUT2D eigenvalue weighted by Gasteiger charge is 2.25. The summed E-state index contributed by atoms with van der Waals surface area (Å²) in [6.07, 6.45) is 6.38. The van der Waals surface area contributed by atoms with Crippen LogP contribution >= 0.6 is 0 Å². The zero-order chi connectivity index (χ0) is 20.1. The predicted molar refractivity (Wildman–Crippen MR) is 108 cm³/mol. The molecule has 1 saturated heterocycles. The number of nitrogens with zero attached hydrogens (tertiary/aromatic N) is 2. The van der Waals surface area contributed by atoms with Crippen molar-refractivity contribution < 1.29 is 14.3 Å². The van der Waals surface area contributed by atoms with Crippen molar-refractivity contribution in [2.45, 2.75) is 45.3 Å². The second-order valence-corrected chi connectivity index (χ2v) is 7.90. The predicted octanol–water partition coefficient (Wildman–Crippen LogP) is 3.16. The minimum atomic E-state index is -0.515. The first kappa shape index (κ1) is 19.7. The van der Waals surface area contributed by atoms with Crippen LogP contribution in [0, 0.1) is 0 Å². The van der Waals surface area contributed by atoms with E-state index in [1.165, 1.54) is 6.20 Å². The van der Waals surface area contributed by atoms with Gasteiger partial charge in [-0.2, -0.15) is 0 Å². The summed E-state index contributed by atoms with van der Waals surface area (Å²) in [4.78, 5) is 33.6. The average molecular weight is 385 g/mol. The van der Waals surface area contributed by atoms with Gasteiger partial charge in [0, 0.05) is 43.8 Å². The molecule has 2 aromatic heterocycles. The third-order valence-corrected chi connectivity index (χ3v) is 4.33. The van der Waals surface area contributed by atoms with E-state index in [0.717, 1.165) is 25.2 Å². The van der Waals surface area contributed by atoms with Crippen LogP contribution in [-0.4, -0.2) is 46.7 Å². The van der Waals surface area contributed by atoms with E-state index in [1.54, 1.807) is 24.5 Å². The fourth-order valence-electron chi connectivity index (χ4n) is 3.13. The van der Waals surface area contributed by atoms with Crippen LogP contribution < -0.4 is 15.5 Å². The average Bonchev–Trinajstić information content (AvgIpc) is 3.09. The number of hydrogen-bond donors (Lipinski definition) is 3. The number of rotatable bonds is 4. The maximum atomic E-state index is 12.2. The van der Waals surface area contributed by atoms with Crippen molar-refractivity contribution in [3.63, 3.8) is 0 Å². The molecule has 0 saturated carbocycles. The molecular weight excluding hydrogens is 358 g/mol. The second kappa shape index (κ2) is 8.33. The van der Waals surface area contributed by atoms with Crippen molar-refractivity contribution in [3.05, 3.63) is 42.4 Å². The number of carbonyl (C=O) groups is 2. The van der Waals surface area contributed by atoms with Crippen LogP contribution in [0.4, 0.5) is 16.3 Å². The van der Waals surface area contributed by atoms with Gasteiger partial charge in [-0.1, -0.05) is 0 Å². The highest BCUT2D eigenvalue weighted by atomic mass is 16.6. The van der Waals surface area contributed by atoms with Gasteiger partial charge in [0.1, 0.15) is 11.4 Å². The van der Waals surface area contributed by atoms with E-state index in [4.69, 9.17) is 4.74 Å². The Hall–Kier alpha value is -3.03. The number of aromatic nitrogens is 2. The lowest BCUT2D eigenvalue weighted by atomic mass is 10.1. The fraction of sp³-hybridized carbons (Fsp3) is 0.450. The summed E-state index contributed by atoms with van der Waals surface area (Å²) in [5.41, 5.74) is 0.676. The summed E-state index contributed by atoms with van der Waals surface area (Å²) in [6.45, 7) is 7.10. The van der Waals surface area contributed by atoms with Crippen molar-refractivity contribution in [1.29, 1.82) is 0 Å². The molecule has 2 aromatic rings. The van der Waals surface area contributed by atoms with Crippen molar-refractivity contribution in [1.82, 2.24) is 15.3 Å². The molecule has 1 aliphatic heterocycles. The van der Waals surface area contributed by atoms with E-state index in [9.17, 15) is 9.59 Å². The molecule has 0 spiro atoms. The number of hydrogen-bond acceptors (Lipinski definition) is 5. The topological polar surface area (TPSA) is 99.3 Å². The Morgan fingerprint density at radius 2 is 2.18 bits per heavy atom. The van der Waals surface area contributed by atoms with Gasteiger partial charge in [0.05, 0.1) is 11.3 Å². The largest absolute Gasteiger partial charge is 0.444 e. The molecule has 1 fully saturated rings. The number of ether oxygens (including phenoxy) is 1. The molecule has 8 nitrogen and oxygen atoms in total. The van der Waals surface area contributed by atoms with Gasteiger partial charge in [-0.3, -0.25) is 9.78 Å². The Morgan fingerprint density at radius 1 is 1.36 bits per heavy atom. The highest BCUT2D eigenvalue weighted by Crippen LogP contribution is 2.23. The molecule has 2 amide bonds. The number of nitrogens with one attached hydrogen (secondary N) is 3. The van der Waals surface area contributed by atoms with E-state index >= 15 is 0 Å². The SMILES string of the molecule is CC(C)(C)OC(=O)N[C@@H]1CCCN(c2cc(NC(=O)c3cccnc3)c[nH]2)C1. The Bertz CT molecular complexity index is 813. The zero-order valence-corrected chi connectivity index (χ0v) is 16.5. The molecule has 3 heterocycles. The number of pyridine rings is 1. The summed E-state index contributed by atoms with van der Waals surface area (Å²) in [5, 5.41) is 5.80. The van der Waals surface area contributed by atoms with Gasteiger partial charge in [0.2, 0.25) is 0 Å². The van der Waals surface area contributed by atoms with Crippen LogP contribution in [0.15, 0.2) is 36.8 Å². The lowest BCUT2D eigenvalue weighted by molar-refractivity contribution is 0.0499. The van der Waals surface area contributed by atoms with Crippen molar-refractivity contribution in [3.8, 4) is 0 Å². The molecule has 150 valence electrons. The molecule has 1 aliphatic rings. The van der Waals surface area contributed by atoms with E-state index in [2.05, 4.69) is 25.5 Å². The Labute approximate surface area is 164 Å². The standard InChI is InChI=1S/C20H27N5O3/c1-20(2,3)28-19(27)24-15-7-5-9-25(13-15)17-10-16(12-22-17)23-18(26)14-6-4-8-21-11-14/h4,6,8,10-12,15,22H,5,7,9,13H2,1-3H3,(H,23,26)(H,24,27)/t15-/m1/s1. The van der Waals surface area contributed by atoms with Gasteiger partial charge in [0.25, 0.3) is 5.91 Å². The quantitative estimate of drug-likeness (QED) is 0.751. The molecule has 8 heteroatoms. The lowest BCUT2D eigenvalue weighted by Crippen LogP contribution is -2.49. The van der Waals surface area contributed by atoms with Gasteiger partial charge >= 0.3 is 6.09 Å². The Morgan fingerprint density at radius 3 is 2.89 bits per heavy atom. The van der Waals surface area contributed by atoms with Crippen LogP contribution in [-0.2, 0) is 4.74 Å². The van der Waals surface area contributed by atoms with E-state index in [1.807, 2.05) is 26.8 Å². The number of anilines is 2. The van der Waals surface area contributed by atoms with Crippen LogP contribution in [0.1, 0.15) is 44.0 Å². The van der Waals surface area contributed by atoms with Gasteiger partial charge in [-0.05, 0) is 45.7 Å². The smallest absolute Gasteiger partial charge is 0.407 e. The molecule has 0 unspecified atom stereocenters. The molecule has 0 aliphatic carbocycles. The van der Waals surface area contributed by atoms with E-state index in [0.29, 0.717) is 17.8 Å². The fourth-order valence-corrected chi connectivity index (χ4v) is 3.13. The summed E-state index contributed by atoms with van der Waals surface area (Å²) in [5.74, 6) is 0.693. The molecule has 0 radical (unpaired) electrons. The van der Waals surface area contributed by atoms with Crippen LogP contribution in [0.5, 0.6) is 0 Å². The maximum Gasteiger partial charge on any atom is 0.407 e. The van der Waals surface area contributed by atoms with Crippen molar-refractivity contribution >= 4 is 23.5 Å². The van der Waals surface area contributed by atoms with Crippen LogP contribution in [0.2, 0.25) is 0 Å². The summed E-state index contributed by atoms with van der Waals surface area (Å²) < 4.78 is 5.34. The second-order valence-electron chi connectivity index (χ2n) is 7.90. The van der Waals surface area contributed by atoms with Gasteiger partial charge in [-0.15, -0.1) is 0 Å². The number of amides is 2. The molecule has 3 rings (SSSR count). The highest BCUT2D eigenvalue weighted by molar-refractivity contribution is 6.04. The first-order chi connectivity index (χ1) is 13.3. The number of carbonyl (C=O) groups excluding carboxylic acids is 2. The van der Waals surface area contributed by atoms with Crippen LogP contribution in [0.3, 0.4) is 0 Å². The molecular formula is C20H27N5O3. The molecule has 0 bridgehead atoms. The minimum absolute atomic E-state index is 0.0142. The Balaban J connectivity index is 1.57. The minimum Gasteiger partial charge on any atom is -0.444 e. The lowest BCUT2D eigenvalue weighted by Gasteiger charge is -2.34.